The van der Waals surface area contributed by atoms with Crippen LogP contribution in [-0.2, 0) is 12.0 Å². The van der Waals surface area contributed by atoms with E-state index in [9.17, 15) is 4.79 Å². The van der Waals surface area contributed by atoms with Gasteiger partial charge in [0.25, 0.3) is 5.91 Å². The van der Waals surface area contributed by atoms with Gasteiger partial charge in [0.2, 0.25) is 0 Å². The zero-order chi connectivity index (χ0) is 17.5. The van der Waals surface area contributed by atoms with Gasteiger partial charge in [-0.25, -0.2) is 0 Å². The summed E-state index contributed by atoms with van der Waals surface area (Å²) in [7, 11) is 2.14. The lowest BCUT2D eigenvalue weighted by Gasteiger charge is -2.38. The number of hydrogen-bond donors (Lipinski definition) is 1. The summed E-state index contributed by atoms with van der Waals surface area (Å²) in [6, 6.07) is 11.9. The average molecular weight is 387 g/mol. The summed E-state index contributed by atoms with van der Waals surface area (Å²) in [5.74, 6) is -0.0842. The molecule has 1 aliphatic rings. The van der Waals surface area contributed by atoms with Crippen LogP contribution in [0.3, 0.4) is 0 Å². The van der Waals surface area contributed by atoms with Crippen LogP contribution < -0.4 is 5.32 Å². The molecule has 0 fully saturated rings. The number of anilines is 1. The molecule has 0 saturated carbocycles. The Morgan fingerprint density at radius 1 is 1.21 bits per heavy atom. The quantitative estimate of drug-likeness (QED) is 0.808. The second-order valence-electron chi connectivity index (χ2n) is 7.35. The van der Waals surface area contributed by atoms with Crippen LogP contribution in [0.15, 0.2) is 40.9 Å². The third-order valence-electron chi connectivity index (χ3n) is 4.63. The lowest BCUT2D eigenvalue weighted by atomic mass is 9.78. The van der Waals surface area contributed by atoms with Crippen molar-refractivity contribution in [3.63, 3.8) is 0 Å². The van der Waals surface area contributed by atoms with Gasteiger partial charge in [-0.2, -0.15) is 0 Å². The van der Waals surface area contributed by atoms with Gasteiger partial charge in [-0.3, -0.25) is 4.79 Å². The normalized spacial score (nSPS) is 16.5. The van der Waals surface area contributed by atoms with Gasteiger partial charge in [-0.05, 0) is 54.9 Å². The van der Waals surface area contributed by atoms with Crippen LogP contribution >= 0.6 is 15.9 Å². The maximum absolute atomic E-state index is 12.5. The first-order valence-electron chi connectivity index (χ1n) is 8.16. The zero-order valence-electron chi connectivity index (χ0n) is 14.6. The van der Waals surface area contributed by atoms with Crippen molar-refractivity contribution in [1.82, 2.24) is 4.90 Å². The van der Waals surface area contributed by atoms with Gasteiger partial charge in [0.15, 0.2) is 0 Å². The molecule has 0 spiro atoms. The Balaban J connectivity index is 1.85. The van der Waals surface area contributed by atoms with Crippen LogP contribution in [0.4, 0.5) is 5.69 Å². The molecule has 126 valence electrons. The standard InChI is InChI=1S/C20H23BrN2O/c1-13-5-6-14(10-18(13)21)19(24)22-16-7-8-17-15(9-16)11-23(4)12-20(17,2)3/h5-10H,11-12H2,1-4H3,(H,22,24). The summed E-state index contributed by atoms with van der Waals surface area (Å²) >= 11 is 3.48. The largest absolute Gasteiger partial charge is 0.322 e. The molecule has 1 heterocycles. The molecule has 3 rings (SSSR count). The summed E-state index contributed by atoms with van der Waals surface area (Å²) in [5.41, 5.74) is 5.41. The van der Waals surface area contributed by atoms with Crippen LogP contribution in [0.2, 0.25) is 0 Å². The summed E-state index contributed by atoms with van der Waals surface area (Å²) in [4.78, 5) is 14.8. The smallest absolute Gasteiger partial charge is 0.255 e. The predicted molar refractivity (Wildman–Crippen MR) is 103 cm³/mol. The summed E-state index contributed by atoms with van der Waals surface area (Å²) in [5, 5.41) is 3.02. The van der Waals surface area contributed by atoms with Crippen molar-refractivity contribution in [2.45, 2.75) is 32.7 Å². The molecule has 0 bridgehead atoms. The number of carbonyl (C=O) groups is 1. The molecular weight excluding hydrogens is 364 g/mol. The van der Waals surface area contributed by atoms with E-state index in [2.05, 4.69) is 59.2 Å². The molecule has 4 heteroatoms. The van der Waals surface area contributed by atoms with E-state index in [1.54, 1.807) is 0 Å². The first kappa shape index (κ1) is 17.2. The minimum Gasteiger partial charge on any atom is -0.322 e. The van der Waals surface area contributed by atoms with E-state index in [0.717, 1.165) is 28.8 Å². The minimum absolute atomic E-state index is 0.0842. The van der Waals surface area contributed by atoms with Crippen LogP contribution in [-0.4, -0.2) is 24.4 Å². The Bertz CT molecular complexity index is 798. The third kappa shape index (κ3) is 3.40. The Hall–Kier alpha value is -1.65. The van der Waals surface area contributed by atoms with Crippen molar-refractivity contribution < 1.29 is 4.79 Å². The van der Waals surface area contributed by atoms with E-state index in [1.165, 1.54) is 11.1 Å². The minimum atomic E-state index is -0.0842. The molecule has 0 radical (unpaired) electrons. The first-order chi connectivity index (χ1) is 11.3. The van der Waals surface area contributed by atoms with Gasteiger partial charge in [0, 0.05) is 34.2 Å². The molecule has 0 aromatic heterocycles. The number of nitrogens with zero attached hydrogens (tertiary/aromatic N) is 1. The van der Waals surface area contributed by atoms with Crippen molar-refractivity contribution in [3.05, 3.63) is 63.1 Å². The highest BCUT2D eigenvalue weighted by Crippen LogP contribution is 2.34. The number of amides is 1. The summed E-state index contributed by atoms with van der Waals surface area (Å²) in [6.07, 6.45) is 0. The fourth-order valence-electron chi connectivity index (χ4n) is 3.51. The molecule has 1 amide bonds. The molecule has 0 unspecified atom stereocenters. The number of halogens is 1. The maximum atomic E-state index is 12.5. The molecule has 1 aliphatic heterocycles. The van der Waals surface area contributed by atoms with Gasteiger partial charge in [-0.1, -0.05) is 41.9 Å². The van der Waals surface area contributed by atoms with E-state index in [0.29, 0.717) is 5.56 Å². The highest BCUT2D eigenvalue weighted by atomic mass is 79.9. The number of aryl methyl sites for hydroxylation is 1. The molecule has 3 nitrogen and oxygen atoms in total. The predicted octanol–water partition coefficient (Wildman–Crippen LogP) is 4.73. The molecule has 0 saturated heterocycles. The van der Waals surface area contributed by atoms with E-state index in [-0.39, 0.29) is 11.3 Å². The van der Waals surface area contributed by atoms with Gasteiger partial charge >= 0.3 is 0 Å². The molecule has 24 heavy (non-hydrogen) atoms. The van der Waals surface area contributed by atoms with Crippen molar-refractivity contribution >= 4 is 27.5 Å². The average Bonchev–Trinajstić information content (AvgIpc) is 2.48. The number of nitrogens with one attached hydrogen (secondary N) is 1. The van der Waals surface area contributed by atoms with Crippen molar-refractivity contribution in [2.24, 2.45) is 0 Å². The highest BCUT2D eigenvalue weighted by molar-refractivity contribution is 9.10. The first-order valence-corrected chi connectivity index (χ1v) is 8.95. The molecule has 1 N–H and O–H groups in total. The SMILES string of the molecule is Cc1ccc(C(=O)Nc2ccc3c(c2)CN(C)CC3(C)C)cc1Br. The van der Waals surface area contributed by atoms with Gasteiger partial charge < -0.3 is 10.2 Å². The fraction of sp³-hybridized carbons (Fsp3) is 0.350. The number of hydrogen-bond acceptors (Lipinski definition) is 2. The number of benzene rings is 2. The molecule has 2 aromatic carbocycles. The Morgan fingerprint density at radius 2 is 1.96 bits per heavy atom. The summed E-state index contributed by atoms with van der Waals surface area (Å²) in [6.45, 7) is 8.50. The van der Waals surface area contributed by atoms with Crippen molar-refractivity contribution in [2.75, 3.05) is 18.9 Å². The van der Waals surface area contributed by atoms with Crippen LogP contribution in [0, 0.1) is 6.92 Å². The van der Waals surface area contributed by atoms with E-state index < -0.39 is 0 Å². The highest BCUT2D eigenvalue weighted by Gasteiger charge is 2.30. The fourth-order valence-corrected chi connectivity index (χ4v) is 3.89. The van der Waals surface area contributed by atoms with E-state index >= 15 is 0 Å². The third-order valence-corrected chi connectivity index (χ3v) is 5.49. The maximum Gasteiger partial charge on any atom is 0.255 e. The molecule has 2 aromatic rings. The monoisotopic (exact) mass is 386 g/mol. The van der Waals surface area contributed by atoms with Crippen molar-refractivity contribution in [1.29, 1.82) is 0 Å². The molecule has 0 aliphatic carbocycles. The Labute approximate surface area is 152 Å². The number of likely N-dealkylation sites (N-methyl/N-ethyl adjacent to an activating group) is 1. The van der Waals surface area contributed by atoms with Crippen molar-refractivity contribution in [3.8, 4) is 0 Å². The van der Waals surface area contributed by atoms with Gasteiger partial charge in [0.1, 0.15) is 0 Å². The molecule has 0 atom stereocenters. The van der Waals surface area contributed by atoms with Gasteiger partial charge in [-0.15, -0.1) is 0 Å². The number of fused-ring (bicyclic) bond motifs is 1. The van der Waals surface area contributed by atoms with Crippen LogP contribution in [0.5, 0.6) is 0 Å². The van der Waals surface area contributed by atoms with Crippen LogP contribution in [0.1, 0.15) is 40.9 Å². The lowest BCUT2D eigenvalue weighted by molar-refractivity contribution is 0.102. The Morgan fingerprint density at radius 3 is 2.67 bits per heavy atom. The van der Waals surface area contributed by atoms with Gasteiger partial charge in [0.05, 0.1) is 0 Å². The zero-order valence-corrected chi connectivity index (χ0v) is 16.2. The topological polar surface area (TPSA) is 32.3 Å². The van der Waals surface area contributed by atoms with E-state index in [4.69, 9.17) is 0 Å². The Kier molecular flexibility index (Phi) is 4.54. The van der Waals surface area contributed by atoms with E-state index in [1.807, 2.05) is 31.2 Å². The second-order valence-corrected chi connectivity index (χ2v) is 8.20. The van der Waals surface area contributed by atoms with Crippen LogP contribution in [0.25, 0.3) is 0 Å². The number of rotatable bonds is 2. The second kappa shape index (κ2) is 6.34. The summed E-state index contributed by atoms with van der Waals surface area (Å²) < 4.78 is 0.948. The number of carbonyl (C=O) groups excluding carboxylic acids is 1. The molecular formula is C20H23BrN2O. The lowest BCUT2D eigenvalue weighted by Crippen LogP contribution is -2.39.